The van der Waals surface area contributed by atoms with Crippen LogP contribution in [0.4, 0.5) is 4.79 Å². The van der Waals surface area contributed by atoms with Gasteiger partial charge in [0.15, 0.2) is 0 Å². The van der Waals surface area contributed by atoms with Crippen molar-refractivity contribution >= 4 is 12.0 Å². The summed E-state index contributed by atoms with van der Waals surface area (Å²) in [6.45, 7) is 3.74. The molecule has 1 rings (SSSR count). The van der Waals surface area contributed by atoms with E-state index in [0.29, 0.717) is 6.04 Å². The Morgan fingerprint density at radius 1 is 1.50 bits per heavy atom. The lowest BCUT2D eigenvalue weighted by Crippen LogP contribution is -2.50. The second-order valence-corrected chi connectivity index (χ2v) is 4.49. The number of nitrogens with zero attached hydrogens (tertiary/aromatic N) is 1. The third-order valence-electron chi connectivity index (χ3n) is 3.17. The number of carboxylic acid groups (broad SMARTS) is 1. The van der Waals surface area contributed by atoms with Gasteiger partial charge in [0.1, 0.15) is 6.04 Å². The number of nitrogens with one attached hydrogen (secondary N) is 1. The maximum atomic E-state index is 11.7. The highest BCUT2D eigenvalue weighted by atomic mass is 16.4. The van der Waals surface area contributed by atoms with Crippen molar-refractivity contribution in [3.63, 3.8) is 0 Å². The van der Waals surface area contributed by atoms with Gasteiger partial charge in [0.25, 0.3) is 0 Å². The fourth-order valence-electron chi connectivity index (χ4n) is 1.55. The van der Waals surface area contributed by atoms with Crippen LogP contribution in [-0.2, 0) is 4.79 Å². The number of carbonyl (C=O) groups is 2. The first-order chi connectivity index (χ1) is 7.47. The van der Waals surface area contributed by atoms with Gasteiger partial charge in [0, 0.05) is 13.1 Å². The first-order valence-electron chi connectivity index (χ1n) is 5.73. The number of carboxylic acids is 1. The van der Waals surface area contributed by atoms with Gasteiger partial charge in [-0.05, 0) is 18.8 Å². The molecule has 16 heavy (non-hydrogen) atoms. The van der Waals surface area contributed by atoms with Gasteiger partial charge >= 0.3 is 12.0 Å². The second-order valence-electron chi connectivity index (χ2n) is 4.49. The molecule has 0 heterocycles. The summed E-state index contributed by atoms with van der Waals surface area (Å²) in [4.78, 5) is 24.3. The Morgan fingerprint density at radius 2 is 2.06 bits per heavy atom. The van der Waals surface area contributed by atoms with E-state index < -0.39 is 12.0 Å². The highest BCUT2D eigenvalue weighted by molar-refractivity contribution is 5.82. The molecule has 0 aromatic carbocycles. The van der Waals surface area contributed by atoms with Gasteiger partial charge in [0.05, 0.1) is 0 Å². The van der Waals surface area contributed by atoms with Crippen LogP contribution in [0.2, 0.25) is 0 Å². The molecule has 1 aliphatic carbocycles. The van der Waals surface area contributed by atoms with Gasteiger partial charge in [-0.25, -0.2) is 9.59 Å². The summed E-state index contributed by atoms with van der Waals surface area (Å²) in [6.07, 6.45) is 2.76. The Balaban J connectivity index is 2.53. The molecule has 0 aromatic rings. The molecule has 0 radical (unpaired) electrons. The summed E-state index contributed by atoms with van der Waals surface area (Å²) < 4.78 is 0. The Kier molecular flexibility index (Phi) is 4.15. The minimum absolute atomic E-state index is 0.0611. The Morgan fingerprint density at radius 3 is 2.44 bits per heavy atom. The van der Waals surface area contributed by atoms with E-state index >= 15 is 0 Å². The lowest BCUT2D eigenvalue weighted by molar-refractivity contribution is -0.140. The quantitative estimate of drug-likeness (QED) is 0.745. The first kappa shape index (κ1) is 12.8. The lowest BCUT2D eigenvalue weighted by atomic mass is 9.99. The van der Waals surface area contributed by atoms with E-state index in [9.17, 15) is 9.59 Å². The van der Waals surface area contributed by atoms with Gasteiger partial charge in [-0.3, -0.25) is 0 Å². The summed E-state index contributed by atoms with van der Waals surface area (Å²) in [6, 6.07) is -0.778. The van der Waals surface area contributed by atoms with Crippen molar-refractivity contribution in [3.8, 4) is 0 Å². The number of urea groups is 1. The predicted molar refractivity (Wildman–Crippen MR) is 60.2 cm³/mol. The fraction of sp³-hybridized carbons (Fsp3) is 0.818. The SMILES string of the molecule is CCC(C)[C@H](NC(=O)N(C)C1CC1)C(=O)O. The highest BCUT2D eigenvalue weighted by Crippen LogP contribution is 2.25. The van der Waals surface area contributed by atoms with E-state index in [1.54, 1.807) is 11.9 Å². The van der Waals surface area contributed by atoms with Crippen LogP contribution in [0.1, 0.15) is 33.1 Å². The number of amides is 2. The van der Waals surface area contributed by atoms with Crippen LogP contribution in [0.3, 0.4) is 0 Å². The molecular formula is C11H20N2O3. The van der Waals surface area contributed by atoms with Crippen molar-refractivity contribution in [3.05, 3.63) is 0 Å². The Hall–Kier alpha value is -1.26. The van der Waals surface area contributed by atoms with Crippen molar-refractivity contribution in [2.24, 2.45) is 5.92 Å². The molecule has 5 heteroatoms. The zero-order valence-corrected chi connectivity index (χ0v) is 10.1. The fourth-order valence-corrected chi connectivity index (χ4v) is 1.55. The summed E-state index contributed by atoms with van der Waals surface area (Å²) in [5.74, 6) is -1.03. The highest BCUT2D eigenvalue weighted by Gasteiger charge is 2.32. The average Bonchev–Trinajstić information content (AvgIpc) is 3.06. The van der Waals surface area contributed by atoms with Gasteiger partial charge in [-0.15, -0.1) is 0 Å². The van der Waals surface area contributed by atoms with Crippen molar-refractivity contribution < 1.29 is 14.7 Å². The van der Waals surface area contributed by atoms with Crippen molar-refractivity contribution in [2.75, 3.05) is 7.05 Å². The van der Waals surface area contributed by atoms with Gasteiger partial charge in [-0.2, -0.15) is 0 Å². The molecule has 1 saturated carbocycles. The van der Waals surface area contributed by atoms with Crippen LogP contribution in [-0.4, -0.2) is 41.1 Å². The minimum Gasteiger partial charge on any atom is -0.480 e. The molecule has 0 aromatic heterocycles. The third kappa shape index (κ3) is 3.12. The molecule has 5 nitrogen and oxygen atoms in total. The Bertz CT molecular complexity index is 276. The molecule has 2 N–H and O–H groups in total. The number of rotatable bonds is 5. The molecule has 92 valence electrons. The van der Waals surface area contributed by atoms with Crippen LogP contribution in [0, 0.1) is 5.92 Å². The zero-order chi connectivity index (χ0) is 12.3. The normalized spacial score (nSPS) is 18.7. The first-order valence-corrected chi connectivity index (χ1v) is 5.73. The van der Waals surface area contributed by atoms with Crippen LogP contribution in [0.25, 0.3) is 0 Å². The van der Waals surface area contributed by atoms with E-state index in [1.165, 1.54) is 0 Å². The summed E-state index contributed by atoms with van der Waals surface area (Å²) >= 11 is 0. The van der Waals surface area contributed by atoms with Crippen molar-refractivity contribution in [1.29, 1.82) is 0 Å². The summed E-state index contributed by atoms with van der Waals surface area (Å²) in [5.41, 5.74) is 0. The number of aliphatic carboxylic acids is 1. The van der Waals surface area contributed by atoms with E-state index in [0.717, 1.165) is 19.3 Å². The topological polar surface area (TPSA) is 69.6 Å². The van der Waals surface area contributed by atoms with Crippen LogP contribution >= 0.6 is 0 Å². The molecule has 0 bridgehead atoms. The maximum absolute atomic E-state index is 11.7. The lowest BCUT2D eigenvalue weighted by Gasteiger charge is -2.24. The monoisotopic (exact) mass is 228 g/mol. The average molecular weight is 228 g/mol. The molecule has 0 saturated heterocycles. The molecule has 1 aliphatic rings. The smallest absolute Gasteiger partial charge is 0.326 e. The number of hydrogen-bond acceptors (Lipinski definition) is 2. The maximum Gasteiger partial charge on any atom is 0.326 e. The van der Waals surface area contributed by atoms with E-state index in [1.807, 2.05) is 13.8 Å². The number of hydrogen-bond donors (Lipinski definition) is 2. The standard InChI is InChI=1S/C11H20N2O3/c1-4-7(2)9(10(14)15)12-11(16)13(3)8-5-6-8/h7-9H,4-6H2,1-3H3,(H,12,16)(H,14,15)/t7?,9-/m0/s1. The summed E-state index contributed by atoms with van der Waals surface area (Å²) in [7, 11) is 1.71. The minimum atomic E-state index is -0.966. The van der Waals surface area contributed by atoms with Crippen LogP contribution < -0.4 is 5.32 Å². The van der Waals surface area contributed by atoms with E-state index in [2.05, 4.69) is 5.32 Å². The van der Waals surface area contributed by atoms with Gasteiger partial charge in [-0.1, -0.05) is 20.3 Å². The van der Waals surface area contributed by atoms with Crippen LogP contribution in [0.15, 0.2) is 0 Å². The van der Waals surface area contributed by atoms with E-state index in [-0.39, 0.29) is 11.9 Å². The molecule has 1 unspecified atom stereocenters. The van der Waals surface area contributed by atoms with Gasteiger partial charge < -0.3 is 15.3 Å². The van der Waals surface area contributed by atoms with Crippen molar-refractivity contribution in [2.45, 2.75) is 45.2 Å². The summed E-state index contributed by atoms with van der Waals surface area (Å²) in [5, 5.41) is 11.6. The molecule has 2 atom stereocenters. The molecule has 2 amide bonds. The molecule has 1 fully saturated rings. The molecular weight excluding hydrogens is 208 g/mol. The third-order valence-corrected chi connectivity index (χ3v) is 3.17. The second kappa shape index (κ2) is 5.18. The number of carbonyl (C=O) groups excluding carboxylic acids is 1. The van der Waals surface area contributed by atoms with Gasteiger partial charge in [0.2, 0.25) is 0 Å². The molecule has 0 aliphatic heterocycles. The predicted octanol–water partition coefficient (Wildman–Crippen LogP) is 1.29. The van der Waals surface area contributed by atoms with Crippen molar-refractivity contribution in [1.82, 2.24) is 10.2 Å². The van der Waals surface area contributed by atoms with E-state index in [4.69, 9.17) is 5.11 Å². The Labute approximate surface area is 95.8 Å². The van der Waals surface area contributed by atoms with Crippen LogP contribution in [0.5, 0.6) is 0 Å². The molecule has 0 spiro atoms. The largest absolute Gasteiger partial charge is 0.480 e. The zero-order valence-electron chi connectivity index (χ0n) is 10.1.